The molecule has 0 aliphatic rings. The van der Waals surface area contributed by atoms with Crippen molar-refractivity contribution in [3.8, 4) is 0 Å². The maximum Gasteiger partial charge on any atom is 0.303 e. The Morgan fingerprint density at radius 2 is 1.95 bits per heavy atom. The zero-order valence-corrected chi connectivity index (χ0v) is 13.4. The summed E-state index contributed by atoms with van der Waals surface area (Å²) in [5.74, 6) is -0.723. The zero-order chi connectivity index (χ0) is 15.7. The van der Waals surface area contributed by atoms with Gasteiger partial charge in [0.25, 0.3) is 0 Å². The molecule has 0 spiro atoms. The molecule has 0 aliphatic heterocycles. The van der Waals surface area contributed by atoms with Crippen molar-refractivity contribution < 1.29 is 9.90 Å². The van der Waals surface area contributed by atoms with Crippen LogP contribution < -0.4 is 5.32 Å². The number of carboxylic acid groups (broad SMARTS) is 1. The van der Waals surface area contributed by atoms with E-state index in [4.69, 9.17) is 5.11 Å². The van der Waals surface area contributed by atoms with Crippen LogP contribution in [0.25, 0.3) is 0 Å². The highest BCUT2D eigenvalue weighted by Crippen LogP contribution is 2.16. The molecule has 0 amide bonds. The molecule has 4 nitrogen and oxygen atoms in total. The molecule has 0 fully saturated rings. The second kappa shape index (κ2) is 8.80. The Bertz CT molecular complexity index is 418. The summed E-state index contributed by atoms with van der Waals surface area (Å²) in [6.45, 7) is 8.07. The van der Waals surface area contributed by atoms with Crippen molar-refractivity contribution in [3.05, 3.63) is 35.9 Å². The quantitative estimate of drug-likeness (QED) is 0.651. The summed E-state index contributed by atoms with van der Waals surface area (Å²) < 4.78 is 0. The van der Waals surface area contributed by atoms with Crippen molar-refractivity contribution in [2.75, 3.05) is 26.7 Å². The minimum atomic E-state index is -0.723. The number of hydrogen-bond donors (Lipinski definition) is 2. The molecular weight excluding hydrogens is 264 g/mol. The highest BCUT2D eigenvalue weighted by molar-refractivity contribution is 5.66. The first-order valence-electron chi connectivity index (χ1n) is 7.54. The van der Waals surface area contributed by atoms with Crippen LogP contribution in [-0.2, 0) is 11.3 Å². The Morgan fingerprint density at radius 1 is 1.29 bits per heavy atom. The van der Waals surface area contributed by atoms with Crippen molar-refractivity contribution in [1.82, 2.24) is 10.2 Å². The van der Waals surface area contributed by atoms with Gasteiger partial charge >= 0.3 is 5.97 Å². The van der Waals surface area contributed by atoms with Crippen LogP contribution in [0.1, 0.15) is 32.3 Å². The predicted octanol–water partition coefficient (Wildman–Crippen LogP) is 2.60. The van der Waals surface area contributed by atoms with E-state index in [1.165, 1.54) is 5.56 Å². The smallest absolute Gasteiger partial charge is 0.303 e. The van der Waals surface area contributed by atoms with E-state index in [2.05, 4.69) is 55.4 Å². The number of nitrogens with zero attached hydrogens (tertiary/aromatic N) is 1. The van der Waals surface area contributed by atoms with E-state index in [0.29, 0.717) is 6.42 Å². The Kier molecular flexibility index (Phi) is 7.40. The van der Waals surface area contributed by atoms with Crippen LogP contribution in [0.2, 0.25) is 0 Å². The van der Waals surface area contributed by atoms with Gasteiger partial charge in [-0.1, -0.05) is 44.2 Å². The molecule has 0 radical (unpaired) electrons. The van der Waals surface area contributed by atoms with Gasteiger partial charge in [0, 0.05) is 26.1 Å². The fraction of sp³-hybridized carbons (Fsp3) is 0.588. The van der Waals surface area contributed by atoms with Crippen LogP contribution in [0.4, 0.5) is 0 Å². The first kappa shape index (κ1) is 17.7. The molecule has 0 aromatic heterocycles. The molecule has 0 heterocycles. The number of aliphatic carboxylic acids is 1. The monoisotopic (exact) mass is 292 g/mol. The van der Waals surface area contributed by atoms with Crippen molar-refractivity contribution in [1.29, 1.82) is 0 Å². The van der Waals surface area contributed by atoms with E-state index in [1.54, 1.807) is 0 Å². The number of benzene rings is 1. The van der Waals surface area contributed by atoms with Crippen molar-refractivity contribution in [3.63, 3.8) is 0 Å². The number of carboxylic acids is 1. The third-order valence-electron chi connectivity index (χ3n) is 3.34. The van der Waals surface area contributed by atoms with E-state index >= 15 is 0 Å². The Balaban J connectivity index is 2.26. The second-order valence-corrected chi connectivity index (χ2v) is 6.50. The molecule has 1 rings (SSSR count). The van der Waals surface area contributed by atoms with Crippen LogP contribution in [0, 0.1) is 5.41 Å². The lowest BCUT2D eigenvalue weighted by Crippen LogP contribution is -2.39. The summed E-state index contributed by atoms with van der Waals surface area (Å²) >= 11 is 0. The number of hydrogen-bond acceptors (Lipinski definition) is 3. The average Bonchev–Trinajstić information content (AvgIpc) is 2.38. The van der Waals surface area contributed by atoms with Crippen LogP contribution >= 0.6 is 0 Å². The summed E-state index contributed by atoms with van der Waals surface area (Å²) in [4.78, 5) is 12.8. The van der Waals surface area contributed by atoms with E-state index < -0.39 is 5.97 Å². The van der Waals surface area contributed by atoms with Gasteiger partial charge in [-0.2, -0.15) is 0 Å². The lowest BCUT2D eigenvalue weighted by atomic mass is 9.92. The largest absolute Gasteiger partial charge is 0.481 e. The van der Waals surface area contributed by atoms with E-state index in [9.17, 15) is 4.79 Å². The number of carbonyl (C=O) groups is 1. The maximum absolute atomic E-state index is 10.4. The number of rotatable bonds is 10. The molecule has 0 saturated carbocycles. The van der Waals surface area contributed by atoms with Gasteiger partial charge in [0.1, 0.15) is 0 Å². The minimum absolute atomic E-state index is 0.159. The summed E-state index contributed by atoms with van der Waals surface area (Å²) in [5, 5.41) is 12.0. The average molecular weight is 292 g/mol. The highest BCUT2D eigenvalue weighted by Gasteiger charge is 2.19. The van der Waals surface area contributed by atoms with Crippen LogP contribution in [0.15, 0.2) is 30.3 Å². The molecule has 118 valence electrons. The van der Waals surface area contributed by atoms with Gasteiger partial charge in [-0.3, -0.25) is 4.79 Å². The van der Waals surface area contributed by atoms with E-state index in [0.717, 1.165) is 26.2 Å². The molecule has 1 aromatic rings. The fourth-order valence-electron chi connectivity index (χ4n) is 2.53. The Labute approximate surface area is 128 Å². The summed E-state index contributed by atoms with van der Waals surface area (Å²) in [6, 6.07) is 10.5. The molecule has 1 aromatic carbocycles. The first-order chi connectivity index (χ1) is 9.89. The summed E-state index contributed by atoms with van der Waals surface area (Å²) in [7, 11) is 2.14. The van der Waals surface area contributed by atoms with Gasteiger partial charge in [0.05, 0.1) is 0 Å². The Morgan fingerprint density at radius 3 is 2.57 bits per heavy atom. The molecule has 0 atom stereocenters. The summed E-state index contributed by atoms with van der Waals surface area (Å²) in [6.07, 6.45) is 0.923. The molecule has 21 heavy (non-hydrogen) atoms. The summed E-state index contributed by atoms with van der Waals surface area (Å²) in [5.41, 5.74) is 1.48. The maximum atomic E-state index is 10.4. The molecular formula is C17H28N2O2. The van der Waals surface area contributed by atoms with Crippen LogP contribution in [0.3, 0.4) is 0 Å². The zero-order valence-electron chi connectivity index (χ0n) is 13.4. The van der Waals surface area contributed by atoms with E-state index in [-0.39, 0.29) is 11.8 Å². The number of nitrogens with one attached hydrogen (secondary N) is 1. The van der Waals surface area contributed by atoms with Gasteiger partial charge in [-0.25, -0.2) is 0 Å². The van der Waals surface area contributed by atoms with Crippen molar-refractivity contribution >= 4 is 5.97 Å². The molecule has 0 aliphatic carbocycles. The Hall–Kier alpha value is -1.39. The molecule has 0 saturated heterocycles. The molecule has 2 N–H and O–H groups in total. The molecule has 0 unspecified atom stereocenters. The third-order valence-corrected chi connectivity index (χ3v) is 3.34. The van der Waals surface area contributed by atoms with Crippen LogP contribution in [-0.4, -0.2) is 42.7 Å². The molecule has 0 bridgehead atoms. The van der Waals surface area contributed by atoms with Crippen molar-refractivity contribution in [2.24, 2.45) is 5.41 Å². The van der Waals surface area contributed by atoms with Gasteiger partial charge in [0.15, 0.2) is 0 Å². The third kappa shape index (κ3) is 8.48. The topological polar surface area (TPSA) is 52.6 Å². The van der Waals surface area contributed by atoms with E-state index in [1.807, 2.05) is 6.07 Å². The lowest BCUT2D eigenvalue weighted by molar-refractivity contribution is -0.137. The minimum Gasteiger partial charge on any atom is -0.481 e. The molecule has 4 heteroatoms. The lowest BCUT2D eigenvalue weighted by Gasteiger charge is -2.30. The van der Waals surface area contributed by atoms with Gasteiger partial charge < -0.3 is 15.3 Å². The predicted molar refractivity (Wildman–Crippen MR) is 86.3 cm³/mol. The highest BCUT2D eigenvalue weighted by atomic mass is 16.4. The van der Waals surface area contributed by atoms with Gasteiger partial charge in [0.2, 0.25) is 0 Å². The fourth-order valence-corrected chi connectivity index (χ4v) is 2.53. The van der Waals surface area contributed by atoms with Gasteiger partial charge in [-0.05, 0) is 31.0 Å². The second-order valence-electron chi connectivity index (χ2n) is 6.50. The van der Waals surface area contributed by atoms with Gasteiger partial charge in [-0.15, -0.1) is 0 Å². The van der Waals surface area contributed by atoms with Crippen LogP contribution in [0.5, 0.6) is 0 Å². The first-order valence-corrected chi connectivity index (χ1v) is 7.54. The van der Waals surface area contributed by atoms with Crippen molar-refractivity contribution in [2.45, 2.75) is 33.2 Å². The SMILES string of the molecule is CN(Cc1ccccc1)CC(C)(C)CNCCCC(=O)O. The normalized spacial score (nSPS) is 11.8. The standard InChI is InChI=1S/C17H28N2O2/c1-17(2,13-18-11-7-10-16(20)21)14-19(3)12-15-8-5-4-6-9-15/h4-6,8-9,18H,7,10-14H2,1-3H3,(H,20,21).